The molecule has 0 N–H and O–H groups in total. The van der Waals surface area contributed by atoms with Gasteiger partial charge in [-0.3, -0.25) is 4.79 Å². The van der Waals surface area contributed by atoms with Gasteiger partial charge in [0.2, 0.25) is 5.91 Å². The zero-order valence-electron chi connectivity index (χ0n) is 9.08. The summed E-state index contributed by atoms with van der Waals surface area (Å²) < 4.78 is 0.940. The van der Waals surface area contributed by atoms with Gasteiger partial charge in [-0.05, 0) is 18.6 Å². The molecule has 17 heavy (non-hydrogen) atoms. The van der Waals surface area contributed by atoms with Crippen LogP contribution < -0.4 is 0 Å². The Bertz CT molecular complexity index is 503. The molecule has 1 atom stereocenters. The van der Waals surface area contributed by atoms with E-state index in [0.29, 0.717) is 5.02 Å². The van der Waals surface area contributed by atoms with Crippen molar-refractivity contribution < 1.29 is 4.79 Å². The third-order valence-corrected chi connectivity index (χ3v) is 4.62. The molecule has 1 unspecified atom stereocenters. The zero-order valence-corrected chi connectivity index (χ0v) is 13.6. The summed E-state index contributed by atoms with van der Waals surface area (Å²) in [6.07, 6.45) is 2.86. The number of carbonyl (C=O) groups is 1. The lowest BCUT2D eigenvalue weighted by Gasteiger charge is -2.28. The minimum absolute atomic E-state index is 0.0347. The van der Waals surface area contributed by atoms with Crippen LogP contribution in [0.2, 0.25) is 5.02 Å². The number of nitrogens with zero attached hydrogens (tertiary/aromatic N) is 1. The van der Waals surface area contributed by atoms with Crippen LogP contribution in [0.25, 0.3) is 5.70 Å². The average molecular weight is 426 g/mol. The number of hydrogen-bond donors (Lipinski definition) is 0. The summed E-state index contributed by atoms with van der Waals surface area (Å²) in [4.78, 5) is 13.6. The molecule has 90 valence electrons. The van der Waals surface area contributed by atoms with Gasteiger partial charge >= 0.3 is 0 Å². The minimum Gasteiger partial charge on any atom is -0.314 e. The Labute approximate surface area is 127 Å². The Morgan fingerprint density at radius 1 is 1.53 bits per heavy atom. The first-order valence-corrected chi connectivity index (χ1v) is 7.49. The predicted molar refractivity (Wildman–Crippen MR) is 82.3 cm³/mol. The normalized spacial score (nSPS) is 20.5. The lowest BCUT2D eigenvalue weighted by atomic mass is 10.1. The van der Waals surface area contributed by atoms with Crippen molar-refractivity contribution in [2.75, 3.05) is 7.05 Å². The van der Waals surface area contributed by atoms with Gasteiger partial charge in [-0.1, -0.05) is 62.3 Å². The standard InChI is InChI=1S/C12H10BrClINO/c1-16-11(5-4-10(15)12(16)17)8-3-2-7(14)6-9(8)13/h2-3,5-6,10H,4H2,1H3. The number of benzene rings is 1. The summed E-state index contributed by atoms with van der Waals surface area (Å²) in [6, 6.07) is 5.60. The molecule has 0 saturated heterocycles. The third kappa shape index (κ3) is 2.69. The van der Waals surface area contributed by atoms with Crippen molar-refractivity contribution in [1.29, 1.82) is 0 Å². The molecule has 1 aliphatic rings. The van der Waals surface area contributed by atoms with Gasteiger partial charge in [0.15, 0.2) is 0 Å². The number of alkyl halides is 1. The van der Waals surface area contributed by atoms with E-state index in [4.69, 9.17) is 11.6 Å². The first-order valence-electron chi connectivity index (χ1n) is 5.08. The van der Waals surface area contributed by atoms with E-state index in [1.54, 1.807) is 11.9 Å². The molecule has 5 heteroatoms. The highest BCUT2D eigenvalue weighted by Gasteiger charge is 2.27. The van der Waals surface area contributed by atoms with E-state index in [0.717, 1.165) is 22.2 Å². The second kappa shape index (κ2) is 5.28. The molecule has 0 fully saturated rings. The number of hydrogen-bond acceptors (Lipinski definition) is 1. The smallest absolute Gasteiger partial charge is 0.240 e. The van der Waals surface area contributed by atoms with Gasteiger partial charge < -0.3 is 4.90 Å². The number of halogens is 3. The summed E-state index contributed by atoms with van der Waals surface area (Å²) in [5.74, 6) is 0.143. The van der Waals surface area contributed by atoms with Gasteiger partial charge in [0, 0.05) is 27.8 Å². The summed E-state index contributed by atoms with van der Waals surface area (Å²) >= 11 is 11.6. The highest BCUT2D eigenvalue weighted by molar-refractivity contribution is 14.1. The van der Waals surface area contributed by atoms with Crippen LogP contribution >= 0.6 is 50.1 Å². The molecule has 0 aromatic heterocycles. The molecular formula is C12H10BrClINO. The zero-order chi connectivity index (χ0) is 12.6. The fraction of sp³-hybridized carbons (Fsp3) is 0.250. The van der Waals surface area contributed by atoms with Crippen molar-refractivity contribution in [1.82, 2.24) is 4.90 Å². The Kier molecular flexibility index (Phi) is 4.15. The van der Waals surface area contributed by atoms with Gasteiger partial charge in [-0.25, -0.2) is 0 Å². The average Bonchev–Trinajstić information content (AvgIpc) is 2.28. The van der Waals surface area contributed by atoms with Crippen LogP contribution in [-0.4, -0.2) is 21.8 Å². The van der Waals surface area contributed by atoms with Crippen LogP contribution in [0.5, 0.6) is 0 Å². The predicted octanol–water partition coefficient (Wildman–Crippen LogP) is 4.11. The van der Waals surface area contributed by atoms with E-state index in [1.807, 2.05) is 18.2 Å². The first kappa shape index (κ1) is 13.4. The van der Waals surface area contributed by atoms with Gasteiger partial charge in [-0.2, -0.15) is 0 Å². The lowest BCUT2D eigenvalue weighted by molar-refractivity contribution is -0.126. The Morgan fingerprint density at radius 2 is 2.24 bits per heavy atom. The highest BCUT2D eigenvalue weighted by atomic mass is 127. The maximum atomic E-state index is 11.9. The maximum Gasteiger partial charge on any atom is 0.240 e. The van der Waals surface area contributed by atoms with Crippen LogP contribution in [0.3, 0.4) is 0 Å². The van der Waals surface area contributed by atoms with Crippen molar-refractivity contribution in [3.63, 3.8) is 0 Å². The molecule has 1 aromatic carbocycles. The van der Waals surface area contributed by atoms with Crippen LogP contribution in [0.15, 0.2) is 28.7 Å². The van der Waals surface area contributed by atoms with E-state index in [-0.39, 0.29) is 9.83 Å². The van der Waals surface area contributed by atoms with Crippen LogP contribution in [-0.2, 0) is 4.79 Å². The van der Waals surface area contributed by atoms with Crippen molar-refractivity contribution in [3.8, 4) is 0 Å². The molecule has 0 bridgehead atoms. The highest BCUT2D eigenvalue weighted by Crippen LogP contribution is 2.33. The number of rotatable bonds is 1. The summed E-state index contributed by atoms with van der Waals surface area (Å²) in [6.45, 7) is 0. The van der Waals surface area contributed by atoms with E-state index < -0.39 is 0 Å². The summed E-state index contributed by atoms with van der Waals surface area (Å²) in [5, 5.41) is 0.679. The molecule has 1 aromatic rings. The largest absolute Gasteiger partial charge is 0.314 e. The van der Waals surface area contributed by atoms with Crippen LogP contribution in [0.4, 0.5) is 0 Å². The summed E-state index contributed by atoms with van der Waals surface area (Å²) in [5.41, 5.74) is 1.93. The van der Waals surface area contributed by atoms with Crippen molar-refractivity contribution in [3.05, 3.63) is 39.3 Å². The van der Waals surface area contributed by atoms with E-state index >= 15 is 0 Å². The van der Waals surface area contributed by atoms with Crippen molar-refractivity contribution in [2.24, 2.45) is 0 Å². The Morgan fingerprint density at radius 3 is 2.88 bits per heavy atom. The molecule has 2 rings (SSSR count). The number of carbonyl (C=O) groups excluding carboxylic acids is 1. The Balaban J connectivity index is 2.43. The van der Waals surface area contributed by atoms with Gasteiger partial charge in [0.1, 0.15) is 0 Å². The topological polar surface area (TPSA) is 20.3 Å². The van der Waals surface area contributed by atoms with E-state index in [2.05, 4.69) is 44.6 Å². The summed E-state index contributed by atoms with van der Waals surface area (Å²) in [7, 11) is 1.81. The maximum absolute atomic E-state index is 11.9. The number of amides is 1. The van der Waals surface area contributed by atoms with E-state index in [9.17, 15) is 4.79 Å². The van der Waals surface area contributed by atoms with Crippen molar-refractivity contribution >= 4 is 61.7 Å². The molecule has 1 heterocycles. The lowest BCUT2D eigenvalue weighted by Crippen LogP contribution is -2.35. The van der Waals surface area contributed by atoms with Crippen LogP contribution in [0, 0.1) is 0 Å². The first-order chi connectivity index (χ1) is 8.00. The molecule has 2 nitrogen and oxygen atoms in total. The van der Waals surface area contributed by atoms with Gasteiger partial charge in [0.25, 0.3) is 0 Å². The molecular weight excluding hydrogens is 416 g/mol. The molecule has 0 radical (unpaired) electrons. The monoisotopic (exact) mass is 425 g/mol. The molecule has 0 spiro atoms. The Hall–Kier alpha value is -0.0700. The number of allylic oxidation sites excluding steroid dienone is 1. The van der Waals surface area contributed by atoms with E-state index in [1.165, 1.54) is 0 Å². The molecule has 0 saturated carbocycles. The second-order valence-corrected chi connectivity index (χ2v) is 6.61. The molecule has 0 aliphatic carbocycles. The fourth-order valence-electron chi connectivity index (χ4n) is 1.77. The third-order valence-electron chi connectivity index (χ3n) is 2.69. The van der Waals surface area contributed by atoms with Crippen molar-refractivity contribution in [2.45, 2.75) is 10.3 Å². The molecule has 1 amide bonds. The van der Waals surface area contributed by atoms with Gasteiger partial charge in [-0.15, -0.1) is 0 Å². The SMILES string of the molecule is CN1C(=O)C(I)CC=C1c1ccc(Cl)cc1Br. The quantitative estimate of drug-likeness (QED) is 0.489. The van der Waals surface area contributed by atoms with Gasteiger partial charge in [0.05, 0.1) is 3.92 Å². The molecule has 1 aliphatic heterocycles. The minimum atomic E-state index is 0.0347. The fourth-order valence-corrected chi connectivity index (χ4v) is 3.33. The van der Waals surface area contributed by atoms with Crippen LogP contribution in [0.1, 0.15) is 12.0 Å². The second-order valence-electron chi connectivity index (χ2n) is 3.81.